The van der Waals surface area contributed by atoms with E-state index in [1.54, 1.807) is 0 Å². The molecule has 0 fully saturated rings. The first-order valence-electron chi connectivity index (χ1n) is 6.30. The zero-order valence-corrected chi connectivity index (χ0v) is 11.5. The lowest BCUT2D eigenvalue weighted by Crippen LogP contribution is -2.05. The molecule has 0 aromatic carbocycles. The van der Waals surface area contributed by atoms with Crippen molar-refractivity contribution in [3.05, 3.63) is 23.4 Å². The predicted molar refractivity (Wildman–Crippen MR) is 72.4 cm³/mol. The van der Waals surface area contributed by atoms with Crippen LogP contribution in [0.15, 0.2) is 6.20 Å². The van der Waals surface area contributed by atoms with Crippen LogP contribution >= 0.6 is 0 Å². The molecule has 5 heteroatoms. The molecule has 0 saturated carbocycles. The Labute approximate surface area is 107 Å². The third-order valence-corrected chi connectivity index (χ3v) is 3.44. The largest absolute Gasteiger partial charge is 0.342 e. The van der Waals surface area contributed by atoms with Gasteiger partial charge >= 0.3 is 0 Å². The van der Waals surface area contributed by atoms with Gasteiger partial charge in [0.15, 0.2) is 0 Å². The third-order valence-electron chi connectivity index (χ3n) is 3.44. The summed E-state index contributed by atoms with van der Waals surface area (Å²) in [5.74, 6) is 1.36. The molecule has 2 rings (SSSR count). The molecule has 1 atom stereocenters. The highest BCUT2D eigenvalue weighted by Crippen LogP contribution is 2.26. The maximum atomic E-state index is 5.58. The summed E-state index contributed by atoms with van der Waals surface area (Å²) < 4.78 is 1.90. The van der Waals surface area contributed by atoms with Crippen molar-refractivity contribution >= 4 is 0 Å². The summed E-state index contributed by atoms with van der Waals surface area (Å²) in [4.78, 5) is 7.84. The molecule has 0 spiro atoms. The molecule has 0 aliphatic carbocycles. The van der Waals surface area contributed by atoms with E-state index in [0.29, 0.717) is 12.5 Å². The molecule has 2 aromatic rings. The van der Waals surface area contributed by atoms with Crippen LogP contribution in [0.2, 0.25) is 0 Å². The topological polar surface area (TPSA) is 72.5 Å². The first kappa shape index (κ1) is 12.8. The molecule has 0 aliphatic heterocycles. The van der Waals surface area contributed by atoms with E-state index in [1.165, 1.54) is 0 Å². The summed E-state index contributed by atoms with van der Waals surface area (Å²) >= 11 is 0. The minimum Gasteiger partial charge on any atom is -0.342 e. The van der Waals surface area contributed by atoms with Crippen molar-refractivity contribution in [2.45, 2.75) is 33.1 Å². The highest BCUT2D eigenvalue weighted by atomic mass is 15.3. The van der Waals surface area contributed by atoms with Gasteiger partial charge in [-0.05, 0) is 26.8 Å². The van der Waals surface area contributed by atoms with Crippen molar-refractivity contribution < 1.29 is 0 Å². The van der Waals surface area contributed by atoms with Gasteiger partial charge in [0.2, 0.25) is 0 Å². The number of rotatable bonds is 4. The molecule has 2 aromatic heterocycles. The molecule has 18 heavy (non-hydrogen) atoms. The molecule has 0 aliphatic rings. The molecule has 0 saturated heterocycles. The Morgan fingerprint density at radius 2 is 2.17 bits per heavy atom. The molecule has 0 amide bonds. The Kier molecular flexibility index (Phi) is 3.52. The summed E-state index contributed by atoms with van der Waals surface area (Å²) in [7, 11) is 1.96. The van der Waals surface area contributed by atoms with Gasteiger partial charge in [-0.2, -0.15) is 5.10 Å². The van der Waals surface area contributed by atoms with Crippen LogP contribution < -0.4 is 5.73 Å². The van der Waals surface area contributed by atoms with E-state index in [0.717, 1.165) is 34.9 Å². The van der Waals surface area contributed by atoms with Crippen LogP contribution in [0.4, 0.5) is 0 Å². The average Bonchev–Trinajstić information content (AvgIpc) is 2.86. The van der Waals surface area contributed by atoms with E-state index in [9.17, 15) is 0 Å². The van der Waals surface area contributed by atoms with Crippen molar-refractivity contribution in [3.63, 3.8) is 0 Å². The van der Waals surface area contributed by atoms with Crippen LogP contribution in [0.5, 0.6) is 0 Å². The van der Waals surface area contributed by atoms with Crippen molar-refractivity contribution in [3.8, 4) is 11.3 Å². The molecule has 2 heterocycles. The molecule has 0 bridgehead atoms. The lowest BCUT2D eigenvalue weighted by atomic mass is 10.1. The number of aryl methyl sites for hydroxylation is 2. The van der Waals surface area contributed by atoms with Gasteiger partial charge < -0.3 is 10.7 Å². The van der Waals surface area contributed by atoms with Gasteiger partial charge in [-0.25, -0.2) is 4.98 Å². The zero-order valence-electron chi connectivity index (χ0n) is 11.5. The number of H-pyrrole nitrogens is 1. The summed E-state index contributed by atoms with van der Waals surface area (Å²) in [6.07, 6.45) is 2.83. The maximum absolute atomic E-state index is 5.58. The van der Waals surface area contributed by atoms with Crippen LogP contribution in [0, 0.1) is 13.8 Å². The Morgan fingerprint density at radius 1 is 1.44 bits per heavy atom. The second kappa shape index (κ2) is 4.94. The summed E-state index contributed by atoms with van der Waals surface area (Å²) in [5.41, 5.74) is 9.94. The van der Waals surface area contributed by atoms with Gasteiger partial charge in [-0.3, -0.25) is 4.68 Å². The minimum atomic E-state index is 0.362. The third kappa shape index (κ3) is 2.18. The van der Waals surface area contributed by atoms with E-state index in [-0.39, 0.29) is 0 Å². The van der Waals surface area contributed by atoms with Crippen LogP contribution in [-0.4, -0.2) is 26.3 Å². The number of nitrogens with zero attached hydrogens (tertiary/aromatic N) is 3. The molecular formula is C13H21N5. The molecule has 1 unspecified atom stereocenters. The Hall–Kier alpha value is -1.62. The number of hydrogen-bond acceptors (Lipinski definition) is 3. The van der Waals surface area contributed by atoms with Crippen LogP contribution in [0.25, 0.3) is 11.3 Å². The summed E-state index contributed by atoms with van der Waals surface area (Å²) in [6.45, 7) is 6.91. The van der Waals surface area contributed by atoms with Crippen LogP contribution in [-0.2, 0) is 7.05 Å². The second-order valence-corrected chi connectivity index (χ2v) is 4.83. The van der Waals surface area contributed by atoms with E-state index in [4.69, 9.17) is 5.73 Å². The van der Waals surface area contributed by atoms with E-state index in [2.05, 4.69) is 28.9 Å². The smallest absolute Gasteiger partial charge is 0.109 e. The number of aromatic nitrogens is 4. The fourth-order valence-corrected chi connectivity index (χ4v) is 2.26. The lowest BCUT2D eigenvalue weighted by molar-refractivity contribution is 0.655. The highest BCUT2D eigenvalue weighted by Gasteiger charge is 2.15. The number of aromatic amines is 1. The zero-order chi connectivity index (χ0) is 13.3. The number of imidazole rings is 1. The van der Waals surface area contributed by atoms with Gasteiger partial charge in [0.25, 0.3) is 0 Å². The Balaban J connectivity index is 2.35. The number of hydrogen-bond donors (Lipinski definition) is 2. The standard InChI is InChI=1S/C13H21N5/c1-8(5-6-14)13-15-7-11(16-13)12-9(2)17-18(4)10(12)3/h7-8H,5-6,14H2,1-4H3,(H,15,16). The molecule has 0 radical (unpaired) electrons. The fourth-order valence-electron chi connectivity index (χ4n) is 2.26. The van der Waals surface area contributed by atoms with Gasteiger partial charge in [-0.1, -0.05) is 6.92 Å². The average molecular weight is 247 g/mol. The first-order valence-corrected chi connectivity index (χ1v) is 6.30. The first-order chi connectivity index (χ1) is 8.54. The number of nitrogens with two attached hydrogens (primary N) is 1. The maximum Gasteiger partial charge on any atom is 0.109 e. The van der Waals surface area contributed by atoms with Crippen molar-refractivity contribution in [1.29, 1.82) is 0 Å². The normalized spacial score (nSPS) is 12.9. The monoisotopic (exact) mass is 247 g/mol. The van der Waals surface area contributed by atoms with E-state index < -0.39 is 0 Å². The van der Waals surface area contributed by atoms with Crippen LogP contribution in [0.3, 0.4) is 0 Å². The quantitative estimate of drug-likeness (QED) is 0.866. The van der Waals surface area contributed by atoms with Gasteiger partial charge in [-0.15, -0.1) is 0 Å². The van der Waals surface area contributed by atoms with E-state index in [1.807, 2.05) is 24.9 Å². The van der Waals surface area contributed by atoms with Crippen molar-refractivity contribution in [2.75, 3.05) is 6.54 Å². The lowest BCUT2D eigenvalue weighted by Gasteiger charge is -2.05. The van der Waals surface area contributed by atoms with Crippen LogP contribution in [0.1, 0.15) is 36.5 Å². The van der Waals surface area contributed by atoms with Gasteiger partial charge in [0, 0.05) is 24.2 Å². The second-order valence-electron chi connectivity index (χ2n) is 4.83. The minimum absolute atomic E-state index is 0.362. The Morgan fingerprint density at radius 3 is 2.72 bits per heavy atom. The summed E-state index contributed by atoms with van der Waals surface area (Å²) in [5, 5.41) is 4.43. The molecule has 5 nitrogen and oxygen atoms in total. The SMILES string of the molecule is Cc1nn(C)c(C)c1-c1cnc(C(C)CCN)[nH]1. The molecule has 3 N–H and O–H groups in total. The Bertz CT molecular complexity index is 538. The van der Waals surface area contributed by atoms with Gasteiger partial charge in [0.1, 0.15) is 5.82 Å². The highest BCUT2D eigenvalue weighted by molar-refractivity contribution is 5.64. The summed E-state index contributed by atoms with van der Waals surface area (Å²) in [6, 6.07) is 0. The number of nitrogens with one attached hydrogen (secondary N) is 1. The van der Waals surface area contributed by atoms with Crippen molar-refractivity contribution in [2.24, 2.45) is 12.8 Å². The predicted octanol–water partition coefficient (Wildman–Crippen LogP) is 1.88. The molecule has 98 valence electrons. The van der Waals surface area contributed by atoms with E-state index >= 15 is 0 Å². The van der Waals surface area contributed by atoms with Gasteiger partial charge in [0.05, 0.1) is 17.6 Å². The fraction of sp³-hybridized carbons (Fsp3) is 0.538. The van der Waals surface area contributed by atoms with Crippen molar-refractivity contribution in [1.82, 2.24) is 19.7 Å². The molecular weight excluding hydrogens is 226 g/mol.